The van der Waals surface area contributed by atoms with Gasteiger partial charge in [0.1, 0.15) is 6.61 Å². The Balaban J connectivity index is 1.26. The molecule has 2 aromatic carbocycles. The van der Waals surface area contributed by atoms with E-state index >= 15 is 0 Å². The van der Waals surface area contributed by atoms with Crippen molar-refractivity contribution in [3.63, 3.8) is 0 Å². The third-order valence-electron chi connectivity index (χ3n) is 7.34. The summed E-state index contributed by atoms with van der Waals surface area (Å²) in [6, 6.07) is 16.4. The van der Waals surface area contributed by atoms with Crippen molar-refractivity contribution >= 4 is 12.1 Å². The number of ether oxygens (including phenoxy) is 2. The van der Waals surface area contributed by atoms with E-state index in [9.17, 15) is 9.59 Å². The van der Waals surface area contributed by atoms with E-state index < -0.39 is 11.5 Å². The fourth-order valence-corrected chi connectivity index (χ4v) is 5.00. The van der Waals surface area contributed by atoms with Gasteiger partial charge < -0.3 is 19.3 Å². The molecule has 3 aromatic rings. The molecule has 0 spiro atoms. The zero-order valence-corrected chi connectivity index (χ0v) is 20.8. The molecule has 0 atom stereocenters. The molecule has 1 amide bonds. The molecule has 5 rings (SSSR count). The van der Waals surface area contributed by atoms with Crippen LogP contribution in [0.25, 0.3) is 22.5 Å². The Kier molecular flexibility index (Phi) is 6.81. The van der Waals surface area contributed by atoms with Gasteiger partial charge in [0.25, 0.3) is 0 Å². The molecule has 7 heteroatoms. The van der Waals surface area contributed by atoms with Crippen molar-refractivity contribution in [2.24, 2.45) is 0 Å². The predicted molar refractivity (Wildman–Crippen MR) is 135 cm³/mol. The molecule has 1 heterocycles. The maximum absolute atomic E-state index is 12.4. The van der Waals surface area contributed by atoms with Crippen LogP contribution in [0.4, 0.5) is 4.79 Å². The quantitative estimate of drug-likeness (QED) is 0.387. The Labute approximate surface area is 211 Å². The summed E-state index contributed by atoms with van der Waals surface area (Å²) in [7, 11) is 0. The lowest BCUT2D eigenvalue weighted by molar-refractivity contribution is -0.146. The van der Waals surface area contributed by atoms with Crippen LogP contribution in [0.2, 0.25) is 0 Å². The minimum absolute atomic E-state index is 0.106. The number of amides is 1. The van der Waals surface area contributed by atoms with Crippen molar-refractivity contribution in [2.45, 2.75) is 70.4 Å². The van der Waals surface area contributed by atoms with Gasteiger partial charge in [0, 0.05) is 11.6 Å². The number of carbonyl (C=O) groups excluding carboxylic acids is 2. The van der Waals surface area contributed by atoms with Gasteiger partial charge in [-0.1, -0.05) is 66.5 Å². The number of aryl methyl sites for hydroxylation is 1. The minimum atomic E-state index is -0.463. The first-order valence-electron chi connectivity index (χ1n) is 12.8. The highest BCUT2D eigenvalue weighted by Gasteiger charge is 2.52. The van der Waals surface area contributed by atoms with Gasteiger partial charge >= 0.3 is 12.1 Å². The van der Waals surface area contributed by atoms with E-state index in [4.69, 9.17) is 14.0 Å². The lowest BCUT2D eigenvalue weighted by atomic mass is 9.93. The molecular weight excluding hydrogens is 456 g/mol. The molecule has 2 aliphatic carbocycles. The zero-order chi connectivity index (χ0) is 25.1. The molecular formula is C29H32N2O5. The highest BCUT2D eigenvalue weighted by molar-refractivity contribution is 5.87. The molecule has 2 fully saturated rings. The standard InChI is InChI=1S/C29H32N2O5/c1-3-34-27(32)29(16-17-29)23-14-12-21(13-15-23)20-8-10-22(11-9-20)26-25(19(2)31-36-26)18-35-28(33)30-24-6-4-5-7-24/h8-15,24H,3-7,16-18H2,1-2H3,(H,30,33). The second-order valence-corrected chi connectivity index (χ2v) is 9.73. The third kappa shape index (κ3) is 4.87. The first-order chi connectivity index (χ1) is 17.5. The van der Waals surface area contributed by atoms with Crippen molar-refractivity contribution in [2.75, 3.05) is 6.61 Å². The molecule has 2 saturated carbocycles. The number of hydrogen-bond acceptors (Lipinski definition) is 6. The predicted octanol–water partition coefficient (Wildman–Crippen LogP) is 6.08. The monoisotopic (exact) mass is 488 g/mol. The van der Waals surface area contributed by atoms with Crippen molar-refractivity contribution in [3.8, 4) is 22.5 Å². The van der Waals surface area contributed by atoms with E-state index in [0.717, 1.165) is 66.3 Å². The van der Waals surface area contributed by atoms with Gasteiger partial charge in [0.05, 0.1) is 23.3 Å². The molecule has 2 aliphatic rings. The number of rotatable bonds is 8. The van der Waals surface area contributed by atoms with Crippen LogP contribution in [-0.2, 0) is 26.3 Å². The van der Waals surface area contributed by atoms with Crippen LogP contribution < -0.4 is 5.32 Å². The van der Waals surface area contributed by atoms with Crippen LogP contribution in [0.1, 0.15) is 62.3 Å². The molecule has 0 saturated heterocycles. The number of alkyl carbamates (subject to hydrolysis) is 1. The van der Waals surface area contributed by atoms with Gasteiger partial charge in [-0.15, -0.1) is 0 Å². The average Bonchev–Trinajstić information content (AvgIpc) is 3.40. The van der Waals surface area contributed by atoms with E-state index in [1.807, 2.05) is 62.4 Å². The zero-order valence-electron chi connectivity index (χ0n) is 20.8. The summed E-state index contributed by atoms with van der Waals surface area (Å²) in [6.07, 6.45) is 5.59. The number of hydrogen-bond donors (Lipinski definition) is 1. The number of carbonyl (C=O) groups is 2. The Morgan fingerprint density at radius 3 is 2.19 bits per heavy atom. The van der Waals surface area contributed by atoms with E-state index in [-0.39, 0.29) is 18.6 Å². The van der Waals surface area contributed by atoms with Crippen molar-refractivity contribution < 1.29 is 23.6 Å². The fourth-order valence-electron chi connectivity index (χ4n) is 5.00. The van der Waals surface area contributed by atoms with Gasteiger partial charge in [-0.25, -0.2) is 4.79 Å². The molecule has 36 heavy (non-hydrogen) atoms. The van der Waals surface area contributed by atoms with Crippen molar-refractivity contribution in [1.29, 1.82) is 0 Å². The summed E-state index contributed by atoms with van der Waals surface area (Å²) < 4.78 is 16.3. The van der Waals surface area contributed by atoms with E-state index in [1.54, 1.807) is 0 Å². The van der Waals surface area contributed by atoms with Gasteiger partial charge in [0.15, 0.2) is 5.76 Å². The van der Waals surface area contributed by atoms with Gasteiger partial charge in [-0.05, 0) is 56.2 Å². The summed E-state index contributed by atoms with van der Waals surface area (Å²) in [4.78, 5) is 24.6. The second-order valence-electron chi connectivity index (χ2n) is 9.73. The molecule has 0 aliphatic heterocycles. The molecule has 0 bridgehead atoms. The van der Waals surface area contributed by atoms with E-state index in [2.05, 4.69) is 10.5 Å². The lowest BCUT2D eigenvalue weighted by Crippen LogP contribution is -2.33. The van der Waals surface area contributed by atoms with Crippen LogP contribution in [0.3, 0.4) is 0 Å². The summed E-state index contributed by atoms with van der Waals surface area (Å²) in [5, 5.41) is 7.03. The summed E-state index contributed by atoms with van der Waals surface area (Å²) in [5.41, 5.74) is 5.00. The molecule has 0 radical (unpaired) electrons. The molecule has 1 N–H and O–H groups in total. The van der Waals surface area contributed by atoms with Crippen molar-refractivity contribution in [3.05, 3.63) is 65.4 Å². The number of benzene rings is 2. The summed E-state index contributed by atoms with van der Waals surface area (Å²) in [6.45, 7) is 4.19. The number of nitrogens with one attached hydrogen (secondary N) is 1. The van der Waals surface area contributed by atoms with Crippen LogP contribution in [-0.4, -0.2) is 29.9 Å². The number of esters is 1. The van der Waals surface area contributed by atoms with Crippen LogP contribution >= 0.6 is 0 Å². The van der Waals surface area contributed by atoms with Crippen LogP contribution in [0.5, 0.6) is 0 Å². The maximum Gasteiger partial charge on any atom is 0.407 e. The maximum atomic E-state index is 12.4. The van der Waals surface area contributed by atoms with Gasteiger partial charge in [-0.3, -0.25) is 4.79 Å². The lowest BCUT2D eigenvalue weighted by Gasteiger charge is -2.14. The van der Waals surface area contributed by atoms with Crippen LogP contribution in [0.15, 0.2) is 53.1 Å². The molecule has 7 nitrogen and oxygen atoms in total. The highest BCUT2D eigenvalue weighted by Crippen LogP contribution is 2.49. The second kappa shape index (κ2) is 10.2. The highest BCUT2D eigenvalue weighted by atomic mass is 16.6. The van der Waals surface area contributed by atoms with Gasteiger partial charge in [-0.2, -0.15) is 0 Å². The fraction of sp³-hybridized carbons (Fsp3) is 0.414. The SMILES string of the molecule is CCOC(=O)C1(c2ccc(-c3ccc(-c4onc(C)c4COC(=O)NC4CCCC4)cc3)cc2)CC1. The first-order valence-corrected chi connectivity index (χ1v) is 12.8. The Morgan fingerprint density at radius 1 is 0.972 bits per heavy atom. The van der Waals surface area contributed by atoms with E-state index in [1.165, 1.54) is 0 Å². The largest absolute Gasteiger partial charge is 0.465 e. The minimum Gasteiger partial charge on any atom is -0.465 e. The normalized spacial score (nSPS) is 16.5. The third-order valence-corrected chi connectivity index (χ3v) is 7.34. The van der Waals surface area contributed by atoms with Crippen molar-refractivity contribution in [1.82, 2.24) is 10.5 Å². The number of aromatic nitrogens is 1. The number of nitrogens with zero attached hydrogens (tertiary/aromatic N) is 1. The van der Waals surface area contributed by atoms with Gasteiger partial charge in [0.2, 0.25) is 0 Å². The Hall–Kier alpha value is -3.61. The summed E-state index contributed by atoms with van der Waals surface area (Å²) >= 11 is 0. The summed E-state index contributed by atoms with van der Waals surface area (Å²) in [5.74, 6) is 0.480. The topological polar surface area (TPSA) is 90.7 Å². The Morgan fingerprint density at radius 2 is 1.58 bits per heavy atom. The molecule has 0 unspecified atom stereocenters. The molecule has 188 valence electrons. The first kappa shape index (κ1) is 24.1. The van der Waals surface area contributed by atoms with Crippen LogP contribution in [0, 0.1) is 6.92 Å². The van der Waals surface area contributed by atoms with E-state index in [0.29, 0.717) is 18.1 Å². The molecule has 1 aromatic heterocycles. The average molecular weight is 489 g/mol. The Bertz CT molecular complexity index is 1220. The smallest absolute Gasteiger partial charge is 0.407 e.